The first-order valence-corrected chi connectivity index (χ1v) is 9.79. The first-order valence-electron chi connectivity index (χ1n) is 8.62. The zero-order valence-electron chi connectivity index (χ0n) is 15.1. The molecule has 2 aromatic rings. The zero-order valence-corrected chi connectivity index (χ0v) is 17.4. The number of nitrogens with zero attached hydrogens (tertiary/aromatic N) is 1. The molecule has 1 fully saturated rings. The van der Waals surface area contributed by atoms with Crippen LogP contribution >= 0.6 is 27.5 Å². The highest BCUT2D eigenvalue weighted by Gasteiger charge is 2.36. The fraction of sp³-hybridized carbons (Fsp3) is 0.250. The number of aryl methyl sites for hydroxylation is 1. The quantitative estimate of drug-likeness (QED) is 0.679. The van der Waals surface area contributed by atoms with Gasteiger partial charge in [0, 0.05) is 23.1 Å². The first kappa shape index (κ1) is 20.4. The van der Waals surface area contributed by atoms with Crippen LogP contribution in [-0.2, 0) is 19.1 Å². The van der Waals surface area contributed by atoms with E-state index in [4.69, 9.17) is 16.3 Å². The molecule has 0 aromatic heterocycles. The highest BCUT2D eigenvalue weighted by atomic mass is 79.9. The van der Waals surface area contributed by atoms with Crippen LogP contribution < -0.4 is 10.2 Å². The Bertz CT molecular complexity index is 917. The smallest absolute Gasteiger partial charge is 0.311 e. The lowest BCUT2D eigenvalue weighted by Gasteiger charge is -2.16. The molecule has 2 amide bonds. The van der Waals surface area contributed by atoms with E-state index in [0.29, 0.717) is 10.7 Å². The van der Waals surface area contributed by atoms with Crippen LogP contribution in [0.15, 0.2) is 46.9 Å². The van der Waals surface area contributed by atoms with Gasteiger partial charge in [-0.2, -0.15) is 0 Å². The van der Waals surface area contributed by atoms with Crippen LogP contribution in [0, 0.1) is 12.8 Å². The van der Waals surface area contributed by atoms with Crippen LogP contribution in [0.2, 0.25) is 5.02 Å². The molecule has 1 aliphatic rings. The molecular formula is C20H18BrClN2O4. The number of ether oxygens (including phenoxy) is 1. The molecule has 1 heterocycles. The van der Waals surface area contributed by atoms with Gasteiger partial charge in [-0.3, -0.25) is 14.4 Å². The summed E-state index contributed by atoms with van der Waals surface area (Å²) in [6.07, 6.45) is 0.0624. The Kier molecular flexibility index (Phi) is 6.36. The largest absolute Gasteiger partial charge is 0.455 e. The van der Waals surface area contributed by atoms with Gasteiger partial charge < -0.3 is 15.0 Å². The van der Waals surface area contributed by atoms with Crippen molar-refractivity contribution in [2.75, 3.05) is 23.4 Å². The lowest BCUT2D eigenvalue weighted by atomic mass is 10.1. The highest BCUT2D eigenvalue weighted by molar-refractivity contribution is 9.10. The summed E-state index contributed by atoms with van der Waals surface area (Å²) in [4.78, 5) is 38.1. The van der Waals surface area contributed by atoms with Crippen molar-refractivity contribution in [2.24, 2.45) is 5.92 Å². The van der Waals surface area contributed by atoms with Gasteiger partial charge in [0.2, 0.25) is 5.91 Å². The molecule has 1 atom stereocenters. The van der Waals surface area contributed by atoms with Gasteiger partial charge in [0.05, 0.1) is 16.6 Å². The number of anilines is 2. The fourth-order valence-electron chi connectivity index (χ4n) is 2.87. The molecule has 28 heavy (non-hydrogen) atoms. The van der Waals surface area contributed by atoms with Crippen molar-refractivity contribution in [3.8, 4) is 0 Å². The number of nitrogens with one attached hydrogen (secondary N) is 1. The van der Waals surface area contributed by atoms with E-state index in [0.717, 1.165) is 15.7 Å². The summed E-state index contributed by atoms with van der Waals surface area (Å²) in [6, 6.07) is 12.5. The van der Waals surface area contributed by atoms with E-state index in [9.17, 15) is 14.4 Å². The molecule has 0 bridgehead atoms. The second-order valence-corrected chi connectivity index (χ2v) is 7.84. The fourth-order valence-corrected chi connectivity index (χ4v) is 3.59. The summed E-state index contributed by atoms with van der Waals surface area (Å²) in [6.45, 7) is 1.75. The Labute approximate surface area is 175 Å². The van der Waals surface area contributed by atoms with Crippen LogP contribution in [0.1, 0.15) is 12.0 Å². The number of halogens is 2. The Balaban J connectivity index is 1.53. The predicted octanol–water partition coefficient (Wildman–Crippen LogP) is 3.95. The molecule has 1 saturated heterocycles. The Morgan fingerprint density at radius 1 is 1.25 bits per heavy atom. The number of amides is 2. The van der Waals surface area contributed by atoms with Gasteiger partial charge in [0.1, 0.15) is 0 Å². The van der Waals surface area contributed by atoms with Crippen molar-refractivity contribution in [2.45, 2.75) is 13.3 Å². The van der Waals surface area contributed by atoms with E-state index in [1.165, 1.54) is 0 Å². The van der Waals surface area contributed by atoms with Gasteiger partial charge in [0.15, 0.2) is 6.61 Å². The molecule has 0 saturated carbocycles. The third-order valence-corrected chi connectivity index (χ3v) is 5.16. The summed E-state index contributed by atoms with van der Waals surface area (Å²) in [5.41, 5.74) is 2.25. The average Bonchev–Trinajstić information content (AvgIpc) is 3.04. The maximum Gasteiger partial charge on any atom is 0.311 e. The van der Waals surface area contributed by atoms with Crippen molar-refractivity contribution < 1.29 is 19.1 Å². The second-order valence-electron chi connectivity index (χ2n) is 6.52. The van der Waals surface area contributed by atoms with Gasteiger partial charge >= 0.3 is 5.97 Å². The van der Waals surface area contributed by atoms with Crippen molar-refractivity contribution in [3.05, 3.63) is 57.5 Å². The number of esters is 1. The summed E-state index contributed by atoms with van der Waals surface area (Å²) in [5.74, 6) is -1.81. The number of hydrogen-bond acceptors (Lipinski definition) is 4. The maximum atomic E-state index is 12.3. The number of hydrogen-bond donors (Lipinski definition) is 1. The molecule has 0 aliphatic carbocycles. The summed E-state index contributed by atoms with van der Waals surface area (Å²) >= 11 is 9.33. The van der Waals surface area contributed by atoms with Gasteiger partial charge in [-0.15, -0.1) is 0 Å². The minimum Gasteiger partial charge on any atom is -0.455 e. The molecule has 1 unspecified atom stereocenters. The second kappa shape index (κ2) is 8.75. The van der Waals surface area contributed by atoms with Gasteiger partial charge in [-0.25, -0.2) is 0 Å². The number of carbonyl (C=O) groups excluding carboxylic acids is 3. The van der Waals surface area contributed by atoms with Gasteiger partial charge in [0.25, 0.3) is 5.91 Å². The molecule has 1 aliphatic heterocycles. The van der Waals surface area contributed by atoms with E-state index in [-0.39, 0.29) is 18.9 Å². The third kappa shape index (κ3) is 4.91. The zero-order chi connectivity index (χ0) is 20.3. The molecule has 6 nitrogen and oxygen atoms in total. The number of rotatable bonds is 5. The molecule has 8 heteroatoms. The Morgan fingerprint density at radius 3 is 2.64 bits per heavy atom. The maximum absolute atomic E-state index is 12.3. The standard InChI is InChI=1S/C20H18BrClN2O4/c1-12-2-5-15(6-3-12)24-10-13(8-19(24)26)20(27)28-11-18(25)23-17-7-4-14(21)9-16(17)22/h2-7,9,13H,8,10-11H2,1H3,(H,23,25). The number of benzene rings is 2. The normalized spacial score (nSPS) is 16.2. The van der Waals surface area contributed by atoms with Crippen molar-refractivity contribution in [3.63, 3.8) is 0 Å². The molecule has 1 N–H and O–H groups in total. The van der Waals surface area contributed by atoms with Crippen molar-refractivity contribution in [1.29, 1.82) is 0 Å². The average molecular weight is 466 g/mol. The van der Waals surface area contributed by atoms with Crippen LogP contribution in [-0.4, -0.2) is 30.9 Å². The van der Waals surface area contributed by atoms with Gasteiger partial charge in [-0.1, -0.05) is 45.2 Å². The van der Waals surface area contributed by atoms with Crippen molar-refractivity contribution >= 4 is 56.7 Å². The topological polar surface area (TPSA) is 75.7 Å². The molecule has 2 aromatic carbocycles. The Morgan fingerprint density at radius 2 is 1.96 bits per heavy atom. The van der Waals surface area contributed by atoms with Gasteiger partial charge in [-0.05, 0) is 37.3 Å². The molecule has 0 radical (unpaired) electrons. The van der Waals surface area contributed by atoms with E-state index in [1.807, 2.05) is 31.2 Å². The lowest BCUT2D eigenvalue weighted by molar-refractivity contribution is -0.151. The molecular weight excluding hydrogens is 448 g/mol. The highest BCUT2D eigenvalue weighted by Crippen LogP contribution is 2.27. The van der Waals surface area contributed by atoms with Crippen LogP contribution in [0.25, 0.3) is 0 Å². The molecule has 146 valence electrons. The summed E-state index contributed by atoms with van der Waals surface area (Å²) in [7, 11) is 0. The van der Waals surface area contributed by atoms with Crippen LogP contribution in [0.5, 0.6) is 0 Å². The van der Waals surface area contributed by atoms with Crippen molar-refractivity contribution in [1.82, 2.24) is 0 Å². The monoisotopic (exact) mass is 464 g/mol. The van der Waals surface area contributed by atoms with E-state index >= 15 is 0 Å². The summed E-state index contributed by atoms with van der Waals surface area (Å²) < 4.78 is 5.88. The van der Waals surface area contributed by atoms with E-state index < -0.39 is 24.4 Å². The number of carbonyl (C=O) groups is 3. The third-order valence-electron chi connectivity index (χ3n) is 4.35. The predicted molar refractivity (Wildman–Crippen MR) is 110 cm³/mol. The van der Waals surface area contributed by atoms with Crippen LogP contribution in [0.4, 0.5) is 11.4 Å². The summed E-state index contributed by atoms with van der Waals surface area (Å²) in [5, 5.41) is 2.95. The first-order chi connectivity index (χ1) is 13.3. The van der Waals surface area contributed by atoms with E-state index in [2.05, 4.69) is 21.2 Å². The SMILES string of the molecule is Cc1ccc(N2CC(C(=O)OCC(=O)Nc3ccc(Br)cc3Cl)CC2=O)cc1. The molecule has 0 spiro atoms. The molecule has 3 rings (SSSR count). The minimum atomic E-state index is -0.599. The minimum absolute atomic E-state index is 0.0624. The van der Waals surface area contributed by atoms with Crippen LogP contribution in [0.3, 0.4) is 0 Å². The lowest BCUT2D eigenvalue weighted by Crippen LogP contribution is -2.28. The Hall–Kier alpha value is -2.38. The van der Waals surface area contributed by atoms with E-state index in [1.54, 1.807) is 23.1 Å².